The zero-order chi connectivity index (χ0) is 27.6. The predicted molar refractivity (Wildman–Crippen MR) is 137 cm³/mol. The number of oxime groups is 1. The minimum absolute atomic E-state index is 0.0351. The van der Waals surface area contributed by atoms with Gasteiger partial charge in [0.1, 0.15) is 22.5 Å². The van der Waals surface area contributed by atoms with Gasteiger partial charge in [0, 0.05) is 10.3 Å². The molecule has 2 aromatic heterocycles. The highest BCUT2D eigenvalue weighted by molar-refractivity contribution is 8.17. The van der Waals surface area contributed by atoms with E-state index in [9.17, 15) is 29.4 Å². The number of carbonyl (C=O) groups excluding carboxylic acids is 2. The summed E-state index contributed by atoms with van der Waals surface area (Å²) in [4.78, 5) is 60.4. The van der Waals surface area contributed by atoms with Gasteiger partial charge in [-0.1, -0.05) is 16.9 Å². The lowest BCUT2D eigenvalue weighted by molar-refractivity contribution is -0.161. The van der Waals surface area contributed by atoms with E-state index in [4.69, 9.17) is 10.6 Å². The van der Waals surface area contributed by atoms with Gasteiger partial charge >= 0.3 is 11.9 Å². The number of nitrogen functional groups attached to an aromatic ring is 1. The molecule has 2 amide bonds. The molecule has 15 nitrogen and oxygen atoms in total. The highest BCUT2D eigenvalue weighted by Gasteiger charge is 2.53. The Morgan fingerprint density at radius 3 is 2.74 bits per heavy atom. The fourth-order valence-electron chi connectivity index (χ4n) is 3.60. The smallest absolute Gasteiger partial charge is 0.353 e. The van der Waals surface area contributed by atoms with Gasteiger partial charge in [0.05, 0.1) is 17.3 Å². The third-order valence-electron chi connectivity index (χ3n) is 5.57. The van der Waals surface area contributed by atoms with Crippen LogP contribution in [-0.2, 0) is 24.0 Å². The Labute approximate surface area is 227 Å². The van der Waals surface area contributed by atoms with Crippen molar-refractivity contribution in [2.24, 2.45) is 5.16 Å². The molecular formula is C20H22N8O7S3. The topological polar surface area (TPSA) is 226 Å². The Hall–Kier alpha value is -3.64. The molecule has 38 heavy (non-hydrogen) atoms. The molecule has 0 radical (unpaired) electrons. The number of nitrogens with two attached hydrogens (primary N) is 1. The monoisotopic (exact) mass is 582 g/mol. The molecule has 4 rings (SSSR count). The summed E-state index contributed by atoms with van der Waals surface area (Å²) in [5.41, 5.74) is 3.47. The van der Waals surface area contributed by atoms with E-state index in [1.807, 2.05) is 0 Å². The number of fused-ring (bicyclic) bond motifs is 1. The average Bonchev–Trinajstić information content (AvgIpc) is 3.54. The summed E-state index contributed by atoms with van der Waals surface area (Å²) in [5, 5.41) is 38.2. The molecule has 4 heterocycles. The molecule has 0 saturated carbocycles. The van der Waals surface area contributed by atoms with Crippen LogP contribution < -0.4 is 11.1 Å². The Bertz CT molecular complexity index is 1320. The second-order valence-electron chi connectivity index (χ2n) is 8.47. The van der Waals surface area contributed by atoms with E-state index < -0.39 is 41.4 Å². The first-order valence-electron chi connectivity index (χ1n) is 10.9. The number of nitrogens with one attached hydrogen (secondary N) is 2. The van der Waals surface area contributed by atoms with Crippen LogP contribution in [0.5, 0.6) is 0 Å². The molecule has 2 aromatic rings. The molecule has 0 aromatic carbocycles. The molecule has 1 fully saturated rings. The van der Waals surface area contributed by atoms with Crippen LogP contribution in [0.3, 0.4) is 0 Å². The Morgan fingerprint density at radius 2 is 2.13 bits per heavy atom. The predicted octanol–water partition coefficient (Wildman–Crippen LogP) is 0.696. The van der Waals surface area contributed by atoms with Crippen molar-refractivity contribution in [2.75, 3.05) is 10.8 Å². The zero-order valence-corrected chi connectivity index (χ0v) is 22.4. The number of hydrogen-bond acceptors (Lipinski definition) is 13. The van der Waals surface area contributed by atoms with Gasteiger partial charge in [-0.25, -0.2) is 14.6 Å². The quantitative estimate of drug-likeness (QED) is 0.0809. The summed E-state index contributed by atoms with van der Waals surface area (Å²) in [7, 11) is 0. The molecular weight excluding hydrogens is 560 g/mol. The van der Waals surface area contributed by atoms with Gasteiger partial charge < -0.3 is 26.1 Å². The van der Waals surface area contributed by atoms with Crippen molar-refractivity contribution >= 4 is 69.5 Å². The minimum Gasteiger partial charge on any atom is -0.478 e. The number of aromatic amines is 1. The number of carboxylic acid groups (broad SMARTS) is 2. The lowest BCUT2D eigenvalue weighted by Crippen LogP contribution is -2.72. The minimum atomic E-state index is -1.75. The van der Waals surface area contributed by atoms with E-state index in [0.717, 1.165) is 11.3 Å². The second kappa shape index (κ2) is 11.0. The Morgan fingerprint density at radius 1 is 1.37 bits per heavy atom. The van der Waals surface area contributed by atoms with Crippen LogP contribution in [0.4, 0.5) is 5.13 Å². The number of thioether (sulfide) groups is 2. The number of β-lactam (4-membered cyclic amide) rings is 1. The first-order valence-corrected chi connectivity index (χ1v) is 13.8. The number of nitrogens with zero attached hydrogens (tertiary/aromatic N) is 5. The maximum absolute atomic E-state index is 13.1. The molecule has 0 spiro atoms. The number of aliphatic carboxylic acids is 2. The number of hydrogen-bond donors (Lipinski definition) is 5. The van der Waals surface area contributed by atoms with Gasteiger partial charge in [0.2, 0.25) is 5.60 Å². The first-order chi connectivity index (χ1) is 18.0. The summed E-state index contributed by atoms with van der Waals surface area (Å²) in [6, 6.07) is -1.59. The number of anilines is 1. The lowest BCUT2D eigenvalue weighted by Gasteiger charge is -2.50. The average molecular weight is 583 g/mol. The molecule has 18 heteroatoms. The van der Waals surface area contributed by atoms with Crippen molar-refractivity contribution in [3.63, 3.8) is 0 Å². The lowest BCUT2D eigenvalue weighted by atomic mass is 9.86. The van der Waals surface area contributed by atoms with Crippen molar-refractivity contribution in [2.45, 2.75) is 49.4 Å². The normalized spacial score (nSPS) is 19.6. The van der Waals surface area contributed by atoms with Gasteiger partial charge in [0.15, 0.2) is 10.8 Å². The van der Waals surface area contributed by atoms with E-state index >= 15 is 0 Å². The Balaban J connectivity index is 1.49. The fourth-order valence-corrected chi connectivity index (χ4v) is 6.25. The van der Waals surface area contributed by atoms with Crippen molar-refractivity contribution in [1.29, 1.82) is 0 Å². The molecule has 6 N–H and O–H groups in total. The molecule has 2 atom stereocenters. The van der Waals surface area contributed by atoms with Gasteiger partial charge in [-0.2, -0.15) is 10.3 Å². The van der Waals surface area contributed by atoms with E-state index in [1.54, 1.807) is 6.20 Å². The maximum atomic E-state index is 13.1. The van der Waals surface area contributed by atoms with Crippen molar-refractivity contribution < 1.29 is 34.2 Å². The number of carboxylic acids is 2. The largest absolute Gasteiger partial charge is 0.478 e. The van der Waals surface area contributed by atoms with Gasteiger partial charge in [0.25, 0.3) is 11.8 Å². The number of H-pyrrole nitrogens is 1. The summed E-state index contributed by atoms with van der Waals surface area (Å²) in [6.07, 6.45) is 2.36. The van der Waals surface area contributed by atoms with Crippen LogP contribution in [0, 0.1) is 0 Å². The van der Waals surface area contributed by atoms with E-state index in [-0.39, 0.29) is 22.2 Å². The highest BCUT2D eigenvalue weighted by atomic mass is 32.2. The second-order valence-corrected chi connectivity index (χ2v) is 11.8. The van der Waals surface area contributed by atoms with Crippen LogP contribution in [0.2, 0.25) is 0 Å². The Kier molecular flexibility index (Phi) is 7.93. The fraction of sp³-hybridized carbons (Fsp3) is 0.400. The summed E-state index contributed by atoms with van der Waals surface area (Å²) in [5.74, 6) is -4.00. The SMILES string of the molecule is CC(C)(O/N=C(\C(=O)N[C@@H]1C(=O)N2C(C(=O)O)=C(SCSc3cn[nH]n3)CC[C@@H]12)c1csc(N)n1)C(=O)O. The van der Waals surface area contributed by atoms with Crippen LogP contribution in [0.1, 0.15) is 32.4 Å². The summed E-state index contributed by atoms with van der Waals surface area (Å²) >= 11 is 3.70. The highest BCUT2D eigenvalue weighted by Crippen LogP contribution is 2.42. The number of carbonyl (C=O) groups is 4. The maximum Gasteiger partial charge on any atom is 0.353 e. The molecule has 2 aliphatic heterocycles. The van der Waals surface area contributed by atoms with Gasteiger partial charge in [-0.3, -0.25) is 14.5 Å². The molecule has 1 saturated heterocycles. The van der Waals surface area contributed by atoms with E-state index in [0.29, 0.717) is 27.9 Å². The number of allylic oxidation sites excluding steroid dienone is 1. The molecule has 0 unspecified atom stereocenters. The zero-order valence-electron chi connectivity index (χ0n) is 19.9. The first kappa shape index (κ1) is 27.4. The number of thiazole rings is 1. The number of rotatable bonds is 11. The summed E-state index contributed by atoms with van der Waals surface area (Å²) in [6.45, 7) is 2.50. The van der Waals surface area contributed by atoms with E-state index in [1.165, 1.54) is 47.7 Å². The van der Waals surface area contributed by atoms with Gasteiger partial charge in [-0.05, 0) is 26.7 Å². The van der Waals surface area contributed by atoms with E-state index in [2.05, 4.69) is 30.9 Å². The van der Waals surface area contributed by atoms with Crippen LogP contribution in [0.25, 0.3) is 0 Å². The van der Waals surface area contributed by atoms with Crippen molar-refractivity contribution in [3.8, 4) is 0 Å². The third kappa shape index (κ3) is 5.60. The van der Waals surface area contributed by atoms with Crippen LogP contribution >= 0.6 is 34.9 Å². The number of amides is 2. The third-order valence-corrected chi connectivity index (χ3v) is 8.43. The summed E-state index contributed by atoms with van der Waals surface area (Å²) < 4.78 is 0. The molecule has 0 aliphatic carbocycles. The van der Waals surface area contributed by atoms with Crippen molar-refractivity contribution in [1.82, 2.24) is 30.6 Å². The van der Waals surface area contributed by atoms with Gasteiger partial charge in [-0.15, -0.1) is 28.2 Å². The number of aromatic nitrogens is 4. The molecule has 202 valence electrons. The standard InChI is InChI=1S/C20H22N8O7S3/c1-20(2,18(33)34)35-26-12(8-6-36-19(21)23-8)15(29)24-13-9-3-4-10(14(17(31)32)28(9)16(13)30)37-7-38-11-5-22-27-25-11/h5-6,9,13H,3-4,7H2,1-2H3,(H2,21,23)(H,24,29)(H,31,32)(H,33,34)(H,22,25,27)/b26-12-/t9-,13-/m0/s1. The molecule has 2 aliphatic rings. The molecule has 0 bridgehead atoms. The van der Waals surface area contributed by atoms with Crippen molar-refractivity contribution in [3.05, 3.63) is 27.9 Å². The van der Waals surface area contributed by atoms with Crippen LogP contribution in [-0.4, -0.2) is 87.7 Å². The van der Waals surface area contributed by atoms with Crippen LogP contribution in [0.15, 0.2) is 32.4 Å².